The second-order valence-corrected chi connectivity index (χ2v) is 4.70. The van der Waals surface area contributed by atoms with E-state index in [4.69, 9.17) is 10.8 Å². The molecule has 1 amide bonds. The van der Waals surface area contributed by atoms with Crippen LogP contribution < -0.4 is 11.1 Å². The Morgan fingerprint density at radius 3 is 2.53 bits per heavy atom. The number of hydrogen-bond acceptors (Lipinski definition) is 4. The molecule has 6 nitrogen and oxygen atoms in total. The molecular weight excluding hydrogens is 248 g/mol. The van der Waals surface area contributed by atoms with Crippen LogP contribution in [0.25, 0.3) is 0 Å². The molecule has 0 aromatic heterocycles. The summed E-state index contributed by atoms with van der Waals surface area (Å²) in [6.07, 6.45) is 0.154. The van der Waals surface area contributed by atoms with Gasteiger partial charge >= 0.3 is 5.97 Å². The van der Waals surface area contributed by atoms with Crippen LogP contribution in [0.15, 0.2) is 18.2 Å². The van der Waals surface area contributed by atoms with Crippen LogP contribution in [0.4, 0.5) is 5.69 Å². The van der Waals surface area contributed by atoms with E-state index in [2.05, 4.69) is 5.32 Å². The van der Waals surface area contributed by atoms with Gasteiger partial charge in [0.2, 0.25) is 5.91 Å². The molecule has 0 saturated heterocycles. The summed E-state index contributed by atoms with van der Waals surface area (Å²) in [7, 11) is 0. The second-order valence-electron chi connectivity index (χ2n) is 4.70. The van der Waals surface area contributed by atoms with E-state index in [1.165, 1.54) is 18.2 Å². The molecule has 0 bridgehead atoms. The van der Waals surface area contributed by atoms with E-state index in [0.29, 0.717) is 5.69 Å². The Hall–Kier alpha value is -2.08. The molecule has 1 unspecified atom stereocenters. The first-order valence-electron chi connectivity index (χ1n) is 5.93. The number of carboxylic acid groups (broad SMARTS) is 1. The minimum Gasteiger partial charge on any atom is -0.507 e. The van der Waals surface area contributed by atoms with Crippen molar-refractivity contribution in [2.24, 2.45) is 11.7 Å². The maximum atomic E-state index is 11.7. The first-order valence-corrected chi connectivity index (χ1v) is 5.93. The highest BCUT2D eigenvalue weighted by molar-refractivity contribution is 5.95. The topological polar surface area (TPSA) is 113 Å². The minimum atomic E-state index is -1.26. The monoisotopic (exact) mass is 266 g/mol. The molecule has 0 aliphatic rings. The SMILES string of the molecule is CC(C)C(N)CC(=O)Nc1ccc(O)c(C(=O)O)c1. The number of rotatable bonds is 5. The van der Waals surface area contributed by atoms with Crippen LogP contribution in [0.1, 0.15) is 30.6 Å². The highest BCUT2D eigenvalue weighted by Crippen LogP contribution is 2.21. The van der Waals surface area contributed by atoms with Crippen LogP contribution in [0.5, 0.6) is 5.75 Å². The number of carboxylic acids is 1. The Kier molecular flexibility index (Phi) is 4.88. The Morgan fingerprint density at radius 1 is 1.37 bits per heavy atom. The van der Waals surface area contributed by atoms with Gasteiger partial charge < -0.3 is 21.3 Å². The lowest BCUT2D eigenvalue weighted by atomic mass is 10.0. The fourth-order valence-electron chi connectivity index (χ4n) is 1.45. The molecule has 0 aliphatic heterocycles. The Morgan fingerprint density at radius 2 is 2.00 bits per heavy atom. The molecule has 1 aromatic carbocycles. The molecule has 19 heavy (non-hydrogen) atoms. The predicted octanol–water partition coefficient (Wildman–Crippen LogP) is 1.40. The van der Waals surface area contributed by atoms with Crippen molar-refractivity contribution in [1.82, 2.24) is 0 Å². The molecule has 0 aliphatic carbocycles. The Labute approximate surface area is 111 Å². The summed E-state index contributed by atoms with van der Waals surface area (Å²) in [4.78, 5) is 22.5. The molecule has 0 heterocycles. The molecular formula is C13H18N2O4. The number of nitrogens with one attached hydrogen (secondary N) is 1. The summed E-state index contributed by atoms with van der Waals surface area (Å²) in [5.74, 6) is -1.71. The van der Waals surface area contributed by atoms with E-state index in [0.717, 1.165) is 0 Å². The number of carbonyl (C=O) groups is 2. The molecule has 104 valence electrons. The summed E-state index contributed by atoms with van der Waals surface area (Å²) >= 11 is 0. The van der Waals surface area contributed by atoms with Gasteiger partial charge in [-0.1, -0.05) is 13.8 Å². The largest absolute Gasteiger partial charge is 0.507 e. The van der Waals surface area contributed by atoms with Gasteiger partial charge in [0.15, 0.2) is 0 Å². The van der Waals surface area contributed by atoms with Gasteiger partial charge in [-0.05, 0) is 24.1 Å². The smallest absolute Gasteiger partial charge is 0.339 e. The number of benzene rings is 1. The zero-order valence-corrected chi connectivity index (χ0v) is 10.9. The number of carbonyl (C=O) groups excluding carboxylic acids is 1. The van der Waals surface area contributed by atoms with E-state index >= 15 is 0 Å². The lowest BCUT2D eigenvalue weighted by Gasteiger charge is -2.15. The molecule has 1 aromatic rings. The van der Waals surface area contributed by atoms with Crippen molar-refractivity contribution in [2.45, 2.75) is 26.3 Å². The Bertz CT molecular complexity index is 486. The molecule has 0 radical (unpaired) electrons. The minimum absolute atomic E-state index is 0.154. The van der Waals surface area contributed by atoms with Crippen molar-refractivity contribution in [3.8, 4) is 5.75 Å². The van der Waals surface area contributed by atoms with Crippen molar-refractivity contribution in [1.29, 1.82) is 0 Å². The summed E-state index contributed by atoms with van der Waals surface area (Å²) < 4.78 is 0. The van der Waals surface area contributed by atoms with Crippen molar-refractivity contribution in [3.05, 3.63) is 23.8 Å². The van der Waals surface area contributed by atoms with Gasteiger partial charge in [-0.25, -0.2) is 4.79 Å². The standard InChI is InChI=1S/C13H18N2O4/c1-7(2)10(14)6-12(17)15-8-3-4-11(16)9(5-8)13(18)19/h3-5,7,10,16H,6,14H2,1-2H3,(H,15,17)(H,18,19). The summed E-state index contributed by atoms with van der Waals surface area (Å²) in [5.41, 5.74) is 5.84. The molecule has 1 rings (SSSR count). The zero-order valence-electron chi connectivity index (χ0n) is 10.9. The number of phenols is 1. The predicted molar refractivity (Wildman–Crippen MR) is 71.1 cm³/mol. The van der Waals surface area contributed by atoms with Gasteiger partial charge in [-0.3, -0.25) is 4.79 Å². The molecule has 1 atom stereocenters. The van der Waals surface area contributed by atoms with E-state index in [1.807, 2.05) is 13.8 Å². The van der Waals surface area contributed by atoms with E-state index in [9.17, 15) is 14.7 Å². The highest BCUT2D eigenvalue weighted by Gasteiger charge is 2.15. The highest BCUT2D eigenvalue weighted by atomic mass is 16.4. The van der Waals surface area contributed by atoms with Crippen LogP contribution in [0.2, 0.25) is 0 Å². The number of amides is 1. The van der Waals surface area contributed by atoms with Crippen LogP contribution >= 0.6 is 0 Å². The number of aromatic hydroxyl groups is 1. The van der Waals surface area contributed by atoms with E-state index < -0.39 is 5.97 Å². The summed E-state index contributed by atoms with van der Waals surface area (Å²) in [6.45, 7) is 3.84. The third-order valence-corrected chi connectivity index (χ3v) is 2.79. The van der Waals surface area contributed by atoms with Gasteiger partial charge in [-0.15, -0.1) is 0 Å². The summed E-state index contributed by atoms with van der Waals surface area (Å²) in [5, 5.41) is 20.8. The van der Waals surface area contributed by atoms with Crippen LogP contribution in [0, 0.1) is 5.92 Å². The van der Waals surface area contributed by atoms with Gasteiger partial charge in [0, 0.05) is 18.2 Å². The van der Waals surface area contributed by atoms with Crippen LogP contribution in [-0.4, -0.2) is 28.1 Å². The molecule has 6 heteroatoms. The zero-order chi connectivity index (χ0) is 14.6. The molecule has 5 N–H and O–H groups in total. The second kappa shape index (κ2) is 6.19. The summed E-state index contributed by atoms with van der Waals surface area (Å²) in [6, 6.07) is 3.61. The lowest BCUT2D eigenvalue weighted by Crippen LogP contribution is -2.31. The first-order chi connectivity index (χ1) is 8.81. The molecule has 0 saturated carbocycles. The van der Waals surface area contributed by atoms with Crippen molar-refractivity contribution in [3.63, 3.8) is 0 Å². The van der Waals surface area contributed by atoms with Crippen molar-refractivity contribution >= 4 is 17.6 Å². The average molecular weight is 266 g/mol. The average Bonchev–Trinajstić information content (AvgIpc) is 2.30. The lowest BCUT2D eigenvalue weighted by molar-refractivity contribution is -0.116. The quantitative estimate of drug-likeness (QED) is 0.602. The van der Waals surface area contributed by atoms with Gasteiger partial charge in [0.1, 0.15) is 11.3 Å². The third-order valence-electron chi connectivity index (χ3n) is 2.79. The number of anilines is 1. The van der Waals surface area contributed by atoms with Crippen molar-refractivity contribution in [2.75, 3.05) is 5.32 Å². The van der Waals surface area contributed by atoms with Gasteiger partial charge in [-0.2, -0.15) is 0 Å². The third kappa shape index (κ3) is 4.26. The fourth-order valence-corrected chi connectivity index (χ4v) is 1.45. The van der Waals surface area contributed by atoms with Crippen LogP contribution in [0.3, 0.4) is 0 Å². The number of nitrogens with two attached hydrogens (primary N) is 1. The first kappa shape index (κ1) is 15.0. The molecule has 0 fully saturated rings. The fraction of sp³-hybridized carbons (Fsp3) is 0.385. The van der Waals surface area contributed by atoms with Crippen LogP contribution in [-0.2, 0) is 4.79 Å². The molecule has 0 spiro atoms. The van der Waals surface area contributed by atoms with Gasteiger partial charge in [0.05, 0.1) is 0 Å². The van der Waals surface area contributed by atoms with Gasteiger partial charge in [0.25, 0.3) is 0 Å². The Balaban J connectivity index is 2.75. The number of hydrogen-bond donors (Lipinski definition) is 4. The maximum Gasteiger partial charge on any atom is 0.339 e. The van der Waals surface area contributed by atoms with E-state index in [1.54, 1.807) is 0 Å². The van der Waals surface area contributed by atoms with E-state index in [-0.39, 0.29) is 35.6 Å². The number of aromatic carboxylic acids is 1. The normalized spacial score (nSPS) is 12.2. The maximum absolute atomic E-state index is 11.7. The van der Waals surface area contributed by atoms with Crippen molar-refractivity contribution < 1.29 is 19.8 Å².